The second-order valence-electron chi connectivity index (χ2n) is 4.87. The molecule has 3 heteroatoms. The number of ether oxygens (including phenoxy) is 1. The Morgan fingerprint density at radius 2 is 2.24 bits per heavy atom. The standard InChI is InChI=1S/C14H22N2O/c1-3-8-17-14-9-12(6-7-13(14)15)16-10(2)11-4-5-11/h6-7,9-11,16H,3-5,8,15H2,1-2H3. The van der Waals surface area contributed by atoms with Crippen molar-refractivity contribution in [1.82, 2.24) is 0 Å². The van der Waals surface area contributed by atoms with Crippen LogP contribution in [0.2, 0.25) is 0 Å². The fraction of sp³-hybridized carbons (Fsp3) is 0.571. The van der Waals surface area contributed by atoms with Crippen molar-refractivity contribution in [2.75, 3.05) is 17.7 Å². The van der Waals surface area contributed by atoms with Gasteiger partial charge in [-0.05, 0) is 44.2 Å². The van der Waals surface area contributed by atoms with Crippen LogP contribution in [0.15, 0.2) is 18.2 Å². The van der Waals surface area contributed by atoms with E-state index in [-0.39, 0.29) is 0 Å². The molecule has 0 amide bonds. The second-order valence-corrected chi connectivity index (χ2v) is 4.87. The van der Waals surface area contributed by atoms with Gasteiger partial charge in [-0.15, -0.1) is 0 Å². The first-order chi connectivity index (χ1) is 8.20. The summed E-state index contributed by atoms with van der Waals surface area (Å²) in [6.07, 6.45) is 3.69. The van der Waals surface area contributed by atoms with Crippen LogP contribution in [-0.2, 0) is 0 Å². The van der Waals surface area contributed by atoms with Gasteiger partial charge in [-0.2, -0.15) is 0 Å². The van der Waals surface area contributed by atoms with Crippen LogP contribution in [0.5, 0.6) is 5.75 Å². The number of nitrogen functional groups attached to an aromatic ring is 1. The highest BCUT2D eigenvalue weighted by Crippen LogP contribution is 2.35. The lowest BCUT2D eigenvalue weighted by Crippen LogP contribution is -2.17. The predicted octanol–water partition coefficient (Wildman–Crippen LogP) is 3.27. The molecule has 3 nitrogen and oxygen atoms in total. The molecule has 0 aromatic heterocycles. The minimum atomic E-state index is 0.539. The van der Waals surface area contributed by atoms with Crippen molar-refractivity contribution in [3.63, 3.8) is 0 Å². The highest BCUT2D eigenvalue weighted by atomic mass is 16.5. The third-order valence-electron chi connectivity index (χ3n) is 3.20. The highest BCUT2D eigenvalue weighted by molar-refractivity contribution is 5.61. The zero-order valence-electron chi connectivity index (χ0n) is 10.7. The summed E-state index contributed by atoms with van der Waals surface area (Å²) < 4.78 is 5.62. The van der Waals surface area contributed by atoms with Crippen LogP contribution in [0.4, 0.5) is 11.4 Å². The zero-order chi connectivity index (χ0) is 12.3. The Labute approximate surface area is 103 Å². The fourth-order valence-corrected chi connectivity index (χ4v) is 1.94. The number of nitrogens with two attached hydrogens (primary N) is 1. The molecule has 1 aromatic rings. The average molecular weight is 234 g/mol. The molecule has 3 N–H and O–H groups in total. The summed E-state index contributed by atoms with van der Waals surface area (Å²) in [5.74, 6) is 1.63. The van der Waals surface area contributed by atoms with Gasteiger partial charge in [0.1, 0.15) is 5.75 Å². The Morgan fingerprint density at radius 3 is 2.88 bits per heavy atom. The molecule has 0 saturated heterocycles. The van der Waals surface area contributed by atoms with Crippen LogP contribution in [0.3, 0.4) is 0 Å². The van der Waals surface area contributed by atoms with E-state index in [4.69, 9.17) is 10.5 Å². The van der Waals surface area contributed by atoms with Crippen molar-refractivity contribution in [2.24, 2.45) is 5.92 Å². The van der Waals surface area contributed by atoms with E-state index < -0.39 is 0 Å². The summed E-state index contributed by atoms with van der Waals surface area (Å²) in [5, 5.41) is 3.51. The molecular weight excluding hydrogens is 212 g/mol. The summed E-state index contributed by atoms with van der Waals surface area (Å²) in [7, 11) is 0. The molecule has 1 aliphatic carbocycles. The molecule has 0 heterocycles. The zero-order valence-corrected chi connectivity index (χ0v) is 10.7. The van der Waals surface area contributed by atoms with Crippen molar-refractivity contribution >= 4 is 11.4 Å². The largest absolute Gasteiger partial charge is 0.491 e. The maximum absolute atomic E-state index is 5.88. The van der Waals surface area contributed by atoms with Crippen LogP contribution >= 0.6 is 0 Å². The smallest absolute Gasteiger partial charge is 0.144 e. The lowest BCUT2D eigenvalue weighted by atomic mass is 10.2. The Hall–Kier alpha value is -1.38. The van der Waals surface area contributed by atoms with E-state index in [0.717, 1.165) is 23.8 Å². The van der Waals surface area contributed by atoms with Gasteiger partial charge in [-0.3, -0.25) is 0 Å². The first-order valence-electron chi connectivity index (χ1n) is 6.49. The summed E-state index contributed by atoms with van der Waals surface area (Å²) in [6, 6.07) is 6.47. The lowest BCUT2D eigenvalue weighted by Gasteiger charge is -2.16. The van der Waals surface area contributed by atoms with Crippen molar-refractivity contribution < 1.29 is 4.74 Å². The van der Waals surface area contributed by atoms with E-state index in [1.54, 1.807) is 0 Å². The fourth-order valence-electron chi connectivity index (χ4n) is 1.94. The highest BCUT2D eigenvalue weighted by Gasteiger charge is 2.27. The maximum atomic E-state index is 5.88. The topological polar surface area (TPSA) is 47.3 Å². The molecule has 94 valence electrons. The SMILES string of the molecule is CCCOc1cc(NC(C)C2CC2)ccc1N. The van der Waals surface area contributed by atoms with E-state index >= 15 is 0 Å². The van der Waals surface area contributed by atoms with E-state index in [2.05, 4.69) is 19.2 Å². The molecular formula is C14H22N2O. The number of anilines is 2. The number of benzene rings is 1. The van der Waals surface area contributed by atoms with Gasteiger partial charge >= 0.3 is 0 Å². The monoisotopic (exact) mass is 234 g/mol. The minimum absolute atomic E-state index is 0.539. The summed E-state index contributed by atoms with van der Waals surface area (Å²) >= 11 is 0. The molecule has 0 spiro atoms. The molecule has 1 aromatic carbocycles. The van der Waals surface area contributed by atoms with E-state index in [1.165, 1.54) is 12.8 Å². The number of hydrogen-bond donors (Lipinski definition) is 2. The Balaban J connectivity index is 2.01. The Morgan fingerprint density at radius 1 is 1.47 bits per heavy atom. The molecule has 1 aliphatic rings. The first-order valence-corrected chi connectivity index (χ1v) is 6.49. The first kappa shape index (κ1) is 12.1. The van der Waals surface area contributed by atoms with Crippen molar-refractivity contribution in [3.8, 4) is 5.75 Å². The van der Waals surface area contributed by atoms with Crippen LogP contribution in [0.1, 0.15) is 33.1 Å². The van der Waals surface area contributed by atoms with Gasteiger partial charge in [-0.25, -0.2) is 0 Å². The normalized spacial score (nSPS) is 16.6. The van der Waals surface area contributed by atoms with Crippen LogP contribution < -0.4 is 15.8 Å². The van der Waals surface area contributed by atoms with Crippen molar-refractivity contribution in [3.05, 3.63) is 18.2 Å². The molecule has 1 fully saturated rings. The van der Waals surface area contributed by atoms with Gasteiger partial charge in [0, 0.05) is 17.8 Å². The Kier molecular flexibility index (Phi) is 3.77. The van der Waals surface area contributed by atoms with Crippen molar-refractivity contribution in [2.45, 2.75) is 39.2 Å². The van der Waals surface area contributed by atoms with Crippen LogP contribution in [0.25, 0.3) is 0 Å². The van der Waals surface area contributed by atoms with Gasteiger partial charge < -0.3 is 15.8 Å². The van der Waals surface area contributed by atoms with Gasteiger partial charge in [0.2, 0.25) is 0 Å². The molecule has 0 bridgehead atoms. The molecule has 0 aliphatic heterocycles. The van der Waals surface area contributed by atoms with E-state index in [0.29, 0.717) is 18.3 Å². The van der Waals surface area contributed by atoms with Crippen LogP contribution in [-0.4, -0.2) is 12.6 Å². The summed E-state index contributed by atoms with van der Waals surface area (Å²) in [6.45, 7) is 5.04. The molecule has 1 saturated carbocycles. The van der Waals surface area contributed by atoms with Crippen LogP contribution in [0, 0.1) is 5.92 Å². The van der Waals surface area contributed by atoms with E-state index in [1.807, 2.05) is 18.2 Å². The van der Waals surface area contributed by atoms with Gasteiger partial charge in [-0.1, -0.05) is 6.92 Å². The summed E-state index contributed by atoms with van der Waals surface area (Å²) in [4.78, 5) is 0. The van der Waals surface area contributed by atoms with Crippen molar-refractivity contribution in [1.29, 1.82) is 0 Å². The van der Waals surface area contributed by atoms with Gasteiger partial charge in [0.05, 0.1) is 12.3 Å². The van der Waals surface area contributed by atoms with Gasteiger partial charge in [0.15, 0.2) is 0 Å². The predicted molar refractivity (Wildman–Crippen MR) is 72.4 cm³/mol. The minimum Gasteiger partial charge on any atom is -0.491 e. The molecule has 0 radical (unpaired) electrons. The number of hydrogen-bond acceptors (Lipinski definition) is 3. The molecule has 1 atom stereocenters. The third-order valence-corrected chi connectivity index (χ3v) is 3.20. The Bertz CT molecular complexity index is 374. The maximum Gasteiger partial charge on any atom is 0.144 e. The second kappa shape index (κ2) is 5.30. The molecule has 2 rings (SSSR count). The van der Waals surface area contributed by atoms with E-state index in [9.17, 15) is 0 Å². The van der Waals surface area contributed by atoms with Gasteiger partial charge in [0.25, 0.3) is 0 Å². The molecule has 1 unspecified atom stereocenters. The number of rotatable bonds is 6. The lowest BCUT2D eigenvalue weighted by molar-refractivity contribution is 0.319. The quantitative estimate of drug-likeness (QED) is 0.743. The summed E-state index contributed by atoms with van der Waals surface area (Å²) in [5.41, 5.74) is 7.69. The molecule has 17 heavy (non-hydrogen) atoms. The average Bonchev–Trinajstić information content (AvgIpc) is 3.13. The third kappa shape index (κ3) is 3.29. The number of nitrogens with one attached hydrogen (secondary N) is 1.